The van der Waals surface area contributed by atoms with Crippen molar-refractivity contribution in [1.29, 1.82) is 0 Å². The maximum absolute atomic E-state index is 12.0. The Bertz CT molecular complexity index is 794. The molecular weight excluding hydrogens is 296 g/mol. The van der Waals surface area contributed by atoms with Crippen LogP contribution >= 0.6 is 11.6 Å². The van der Waals surface area contributed by atoms with Gasteiger partial charge in [-0.1, -0.05) is 11.6 Å². The van der Waals surface area contributed by atoms with Crippen LogP contribution in [0.25, 0.3) is 11.2 Å². The Morgan fingerprint density at radius 1 is 1.43 bits per heavy atom. The Hall–Kier alpha value is -2.52. The number of hydrogen-bond donors (Lipinski definition) is 3. The van der Waals surface area contributed by atoms with Crippen molar-refractivity contribution < 1.29 is 4.79 Å². The van der Waals surface area contributed by atoms with Gasteiger partial charge < -0.3 is 15.3 Å². The van der Waals surface area contributed by atoms with E-state index in [1.54, 1.807) is 10.8 Å². The second-order valence-electron chi connectivity index (χ2n) is 4.18. The maximum atomic E-state index is 12.0. The average molecular weight is 307 g/mol. The first-order chi connectivity index (χ1) is 10.2. The molecule has 21 heavy (non-hydrogen) atoms. The van der Waals surface area contributed by atoms with E-state index in [4.69, 9.17) is 17.3 Å². The van der Waals surface area contributed by atoms with Crippen molar-refractivity contribution in [2.24, 2.45) is 5.73 Å². The molecule has 3 aromatic heterocycles. The molecule has 3 rings (SSSR count). The summed E-state index contributed by atoms with van der Waals surface area (Å²) >= 11 is 5.97. The van der Waals surface area contributed by atoms with Crippen molar-refractivity contribution >= 4 is 34.6 Å². The first-order valence-corrected chi connectivity index (χ1v) is 6.45. The number of aromatic nitrogens is 6. The fraction of sp³-hybridized carbons (Fsp3) is 0.182. The summed E-state index contributed by atoms with van der Waals surface area (Å²) in [7, 11) is 0. The van der Waals surface area contributed by atoms with E-state index in [0.29, 0.717) is 24.3 Å². The van der Waals surface area contributed by atoms with Gasteiger partial charge in [0, 0.05) is 19.3 Å². The van der Waals surface area contributed by atoms with Gasteiger partial charge in [-0.2, -0.15) is 9.97 Å². The van der Waals surface area contributed by atoms with Crippen LogP contribution in [0.1, 0.15) is 10.5 Å². The fourth-order valence-electron chi connectivity index (χ4n) is 1.77. The summed E-state index contributed by atoms with van der Waals surface area (Å²) in [6, 6.07) is 0. The minimum atomic E-state index is -0.434. The number of hydrogen-bond acceptors (Lipinski definition) is 6. The molecule has 10 heteroatoms. The summed E-state index contributed by atoms with van der Waals surface area (Å²) in [5, 5.41) is 2.71. The molecule has 0 radical (unpaired) electrons. The van der Waals surface area contributed by atoms with Crippen LogP contribution in [-0.2, 0) is 6.54 Å². The molecule has 1 amide bonds. The van der Waals surface area contributed by atoms with Crippen LogP contribution in [0.4, 0.5) is 5.95 Å². The Kier molecular flexibility index (Phi) is 3.50. The SMILES string of the molecule is NCCn1cnc(C(=O)Nc2nc(Cl)c3[nH]cnc3n2)c1. The minimum absolute atomic E-state index is 0.0676. The Morgan fingerprint density at radius 2 is 2.29 bits per heavy atom. The fourth-order valence-corrected chi connectivity index (χ4v) is 1.99. The molecule has 108 valence electrons. The molecule has 0 saturated carbocycles. The lowest BCUT2D eigenvalue weighted by Gasteiger charge is -2.02. The number of amides is 1. The van der Waals surface area contributed by atoms with Crippen molar-refractivity contribution in [2.75, 3.05) is 11.9 Å². The van der Waals surface area contributed by atoms with E-state index in [1.807, 2.05) is 0 Å². The average Bonchev–Trinajstić information content (AvgIpc) is 3.08. The number of fused-ring (bicyclic) bond motifs is 1. The number of carbonyl (C=O) groups excluding carboxylic acids is 1. The molecule has 0 aliphatic rings. The highest BCUT2D eigenvalue weighted by atomic mass is 35.5. The van der Waals surface area contributed by atoms with Crippen LogP contribution in [0.15, 0.2) is 18.9 Å². The molecular formula is C11H11ClN8O. The Balaban J connectivity index is 1.81. The van der Waals surface area contributed by atoms with Gasteiger partial charge in [-0.25, -0.2) is 9.97 Å². The van der Waals surface area contributed by atoms with Gasteiger partial charge in [0.2, 0.25) is 5.95 Å². The van der Waals surface area contributed by atoms with Crippen LogP contribution in [0, 0.1) is 0 Å². The monoisotopic (exact) mass is 306 g/mol. The van der Waals surface area contributed by atoms with Gasteiger partial charge in [0.1, 0.15) is 11.2 Å². The maximum Gasteiger partial charge on any atom is 0.278 e. The molecule has 0 atom stereocenters. The number of nitrogens with one attached hydrogen (secondary N) is 2. The second kappa shape index (κ2) is 5.46. The summed E-state index contributed by atoms with van der Waals surface area (Å²) in [6.07, 6.45) is 4.58. The molecule has 0 aliphatic heterocycles. The summed E-state index contributed by atoms with van der Waals surface area (Å²) < 4.78 is 1.72. The number of H-pyrrole nitrogens is 1. The zero-order valence-electron chi connectivity index (χ0n) is 10.7. The number of aromatic amines is 1. The Morgan fingerprint density at radius 3 is 3.10 bits per heavy atom. The topological polar surface area (TPSA) is 127 Å². The molecule has 3 heterocycles. The normalized spacial score (nSPS) is 11.0. The lowest BCUT2D eigenvalue weighted by atomic mass is 10.4. The molecule has 0 bridgehead atoms. The van der Waals surface area contributed by atoms with Crippen molar-refractivity contribution in [3.8, 4) is 0 Å². The lowest BCUT2D eigenvalue weighted by Crippen LogP contribution is -2.15. The van der Waals surface area contributed by atoms with E-state index in [2.05, 4.69) is 30.2 Å². The van der Waals surface area contributed by atoms with E-state index in [9.17, 15) is 4.79 Å². The molecule has 0 aromatic carbocycles. The minimum Gasteiger partial charge on any atom is -0.341 e. The highest BCUT2D eigenvalue weighted by Crippen LogP contribution is 2.18. The zero-order chi connectivity index (χ0) is 14.8. The van der Waals surface area contributed by atoms with Gasteiger partial charge in [0.25, 0.3) is 5.91 Å². The van der Waals surface area contributed by atoms with Crippen LogP contribution in [0.5, 0.6) is 0 Å². The second-order valence-corrected chi connectivity index (χ2v) is 4.54. The molecule has 0 fully saturated rings. The first kappa shape index (κ1) is 13.5. The number of anilines is 1. The van der Waals surface area contributed by atoms with E-state index in [1.165, 1.54) is 12.7 Å². The largest absolute Gasteiger partial charge is 0.341 e. The number of halogens is 1. The van der Waals surface area contributed by atoms with Crippen LogP contribution in [-0.4, -0.2) is 41.9 Å². The predicted octanol–water partition coefficient (Wildman–Crippen LogP) is 0.414. The summed E-state index contributed by atoms with van der Waals surface area (Å²) in [5.41, 5.74) is 6.57. The van der Waals surface area contributed by atoms with Gasteiger partial charge in [0.05, 0.1) is 12.7 Å². The third-order valence-corrected chi connectivity index (χ3v) is 2.99. The van der Waals surface area contributed by atoms with Gasteiger partial charge in [-0.15, -0.1) is 0 Å². The highest BCUT2D eigenvalue weighted by molar-refractivity contribution is 6.33. The van der Waals surface area contributed by atoms with Crippen LogP contribution < -0.4 is 11.1 Å². The molecule has 0 aliphatic carbocycles. The van der Waals surface area contributed by atoms with Crippen molar-refractivity contribution in [2.45, 2.75) is 6.54 Å². The smallest absolute Gasteiger partial charge is 0.278 e. The molecule has 3 aromatic rings. The van der Waals surface area contributed by atoms with Crippen LogP contribution in [0.2, 0.25) is 5.15 Å². The van der Waals surface area contributed by atoms with Gasteiger partial charge >= 0.3 is 0 Å². The van der Waals surface area contributed by atoms with Gasteiger partial charge in [-0.05, 0) is 0 Å². The number of carbonyl (C=O) groups is 1. The standard InChI is InChI=1S/C11H11ClN8O/c12-8-7-9(15-4-14-7)18-11(17-8)19-10(21)6-3-20(2-1-13)5-16-6/h3-5H,1-2,13H2,(H2,14,15,17,18,19,21). The summed E-state index contributed by atoms with van der Waals surface area (Å²) in [6.45, 7) is 1.05. The number of nitrogens with two attached hydrogens (primary N) is 1. The lowest BCUT2D eigenvalue weighted by molar-refractivity contribution is 0.102. The van der Waals surface area contributed by atoms with E-state index >= 15 is 0 Å². The third-order valence-electron chi connectivity index (χ3n) is 2.72. The first-order valence-electron chi connectivity index (χ1n) is 6.07. The Labute approximate surface area is 123 Å². The summed E-state index contributed by atoms with van der Waals surface area (Å²) in [5.74, 6) is -0.366. The summed E-state index contributed by atoms with van der Waals surface area (Å²) in [4.78, 5) is 30.9. The molecule has 9 nitrogen and oxygen atoms in total. The van der Waals surface area contributed by atoms with Gasteiger partial charge in [-0.3, -0.25) is 10.1 Å². The van der Waals surface area contributed by atoms with Crippen LogP contribution in [0.3, 0.4) is 0 Å². The predicted molar refractivity (Wildman–Crippen MR) is 75.9 cm³/mol. The molecule has 0 spiro atoms. The quantitative estimate of drug-likeness (QED) is 0.599. The van der Waals surface area contributed by atoms with E-state index in [0.717, 1.165) is 0 Å². The molecule has 0 saturated heterocycles. The number of rotatable bonds is 4. The van der Waals surface area contributed by atoms with Crippen molar-refractivity contribution in [3.05, 3.63) is 29.7 Å². The van der Waals surface area contributed by atoms with Crippen molar-refractivity contribution in [3.63, 3.8) is 0 Å². The van der Waals surface area contributed by atoms with Crippen molar-refractivity contribution in [1.82, 2.24) is 29.5 Å². The molecule has 4 N–H and O–H groups in total. The number of imidazole rings is 2. The molecule has 0 unspecified atom stereocenters. The van der Waals surface area contributed by atoms with Gasteiger partial charge in [0.15, 0.2) is 10.8 Å². The highest BCUT2D eigenvalue weighted by Gasteiger charge is 2.14. The number of nitrogens with zero attached hydrogens (tertiary/aromatic N) is 5. The van der Waals surface area contributed by atoms with E-state index in [-0.39, 0.29) is 16.8 Å². The third kappa shape index (κ3) is 2.69. The van der Waals surface area contributed by atoms with E-state index < -0.39 is 5.91 Å². The zero-order valence-corrected chi connectivity index (χ0v) is 11.5.